The molecule has 0 aliphatic rings. The van der Waals surface area contributed by atoms with Crippen molar-refractivity contribution in [3.8, 4) is 0 Å². The SMILES string of the molecule is CC/C=C/C=C/C=C\C=C/C=C/CCCC(=O)OC(CCCCCCCCCCCCC)CC(=O)NC(CO)C(O)CCCCCCCCCCC. The minimum atomic E-state index is -0.796. The molecular formula is C46H81NO5. The van der Waals surface area contributed by atoms with E-state index in [1.165, 1.54) is 89.9 Å². The summed E-state index contributed by atoms with van der Waals surface area (Å²) in [4.78, 5) is 25.9. The van der Waals surface area contributed by atoms with E-state index in [4.69, 9.17) is 4.74 Å². The van der Waals surface area contributed by atoms with E-state index < -0.39 is 18.2 Å². The molecule has 0 aromatic carbocycles. The summed E-state index contributed by atoms with van der Waals surface area (Å²) in [5.74, 6) is -0.566. The van der Waals surface area contributed by atoms with Crippen LogP contribution in [0.25, 0.3) is 0 Å². The zero-order valence-electron chi connectivity index (χ0n) is 33.9. The van der Waals surface area contributed by atoms with Crippen molar-refractivity contribution in [1.29, 1.82) is 0 Å². The summed E-state index contributed by atoms with van der Waals surface area (Å²) in [6.07, 6.45) is 47.1. The number of amides is 1. The number of hydrogen-bond donors (Lipinski definition) is 3. The molecule has 0 aromatic rings. The summed E-state index contributed by atoms with van der Waals surface area (Å²) in [5.41, 5.74) is 0. The maximum Gasteiger partial charge on any atom is 0.306 e. The van der Waals surface area contributed by atoms with Gasteiger partial charge in [-0.1, -0.05) is 204 Å². The second kappa shape index (κ2) is 39.8. The van der Waals surface area contributed by atoms with Crippen molar-refractivity contribution in [3.63, 3.8) is 0 Å². The Labute approximate surface area is 320 Å². The first-order chi connectivity index (χ1) is 25.5. The Bertz CT molecular complexity index is 952. The van der Waals surface area contributed by atoms with Gasteiger partial charge < -0.3 is 20.3 Å². The number of ether oxygens (including phenoxy) is 1. The third kappa shape index (κ3) is 34.6. The molecule has 0 aliphatic carbocycles. The van der Waals surface area contributed by atoms with Crippen LogP contribution in [0.4, 0.5) is 0 Å². The maximum absolute atomic E-state index is 13.1. The number of aliphatic hydroxyl groups is 2. The number of unbranched alkanes of at least 4 members (excludes halogenated alkanes) is 19. The van der Waals surface area contributed by atoms with Crippen LogP contribution in [0.1, 0.15) is 194 Å². The highest BCUT2D eigenvalue weighted by Crippen LogP contribution is 2.17. The van der Waals surface area contributed by atoms with Crippen molar-refractivity contribution in [2.75, 3.05) is 6.61 Å². The van der Waals surface area contributed by atoms with Gasteiger partial charge in [0.15, 0.2) is 0 Å². The molecule has 6 heteroatoms. The van der Waals surface area contributed by atoms with Crippen LogP contribution in [0.15, 0.2) is 60.8 Å². The molecule has 3 unspecified atom stereocenters. The Hall–Kier alpha value is -2.44. The largest absolute Gasteiger partial charge is 0.462 e. The van der Waals surface area contributed by atoms with Crippen molar-refractivity contribution < 1.29 is 24.5 Å². The van der Waals surface area contributed by atoms with Crippen LogP contribution in [-0.2, 0) is 14.3 Å². The lowest BCUT2D eigenvalue weighted by Crippen LogP contribution is -2.46. The molecule has 0 rings (SSSR count). The van der Waals surface area contributed by atoms with Gasteiger partial charge in [-0.2, -0.15) is 0 Å². The summed E-state index contributed by atoms with van der Waals surface area (Å²) in [7, 11) is 0. The maximum atomic E-state index is 13.1. The standard InChI is InChI=1S/C46H81NO5/c1-4-7-10-13-16-19-21-22-24-27-30-33-36-39-46(51)52-42(37-34-31-28-26-23-20-17-14-11-8-5-2)40-45(50)47-43(41-48)44(49)38-35-32-29-25-18-15-12-9-6-3/h7,10,13,16,19,21-22,24,27,30,42-44,48-49H,4-6,8-9,11-12,14-15,17-18,20,23,25-26,28-29,31-41H2,1-3H3,(H,47,50)/b10-7+,16-13+,21-19-,24-22-,30-27+. The van der Waals surface area contributed by atoms with Crippen molar-refractivity contribution in [2.45, 2.75) is 212 Å². The first-order valence-electron chi connectivity index (χ1n) is 21.6. The minimum absolute atomic E-state index is 0.0487. The highest BCUT2D eigenvalue weighted by atomic mass is 16.5. The normalized spacial score (nSPS) is 14.0. The number of nitrogens with one attached hydrogen (secondary N) is 1. The van der Waals surface area contributed by atoms with Gasteiger partial charge in [-0.15, -0.1) is 0 Å². The molecule has 0 fully saturated rings. The molecule has 0 bridgehead atoms. The van der Waals surface area contributed by atoms with E-state index in [-0.39, 0.29) is 24.9 Å². The van der Waals surface area contributed by atoms with Crippen LogP contribution in [0.3, 0.4) is 0 Å². The number of carbonyl (C=O) groups is 2. The Balaban J connectivity index is 4.73. The van der Waals surface area contributed by atoms with E-state index in [2.05, 4.69) is 32.2 Å². The van der Waals surface area contributed by atoms with E-state index in [9.17, 15) is 19.8 Å². The molecule has 0 radical (unpaired) electrons. The lowest BCUT2D eigenvalue weighted by molar-refractivity contribution is -0.151. The number of carbonyl (C=O) groups excluding carboxylic acids is 2. The lowest BCUT2D eigenvalue weighted by Gasteiger charge is -2.24. The molecule has 3 atom stereocenters. The average molecular weight is 728 g/mol. The van der Waals surface area contributed by atoms with Crippen LogP contribution in [0.5, 0.6) is 0 Å². The van der Waals surface area contributed by atoms with Gasteiger partial charge in [0, 0.05) is 6.42 Å². The van der Waals surface area contributed by atoms with Crippen molar-refractivity contribution >= 4 is 11.9 Å². The Kier molecular flexibility index (Phi) is 37.9. The number of hydrogen-bond acceptors (Lipinski definition) is 5. The number of rotatable bonds is 37. The lowest BCUT2D eigenvalue weighted by atomic mass is 10.0. The molecule has 300 valence electrons. The van der Waals surface area contributed by atoms with E-state index in [1.54, 1.807) is 0 Å². The van der Waals surface area contributed by atoms with Crippen molar-refractivity contribution in [3.05, 3.63) is 60.8 Å². The fourth-order valence-corrected chi connectivity index (χ4v) is 6.22. The van der Waals surface area contributed by atoms with Crippen LogP contribution >= 0.6 is 0 Å². The van der Waals surface area contributed by atoms with E-state index in [0.717, 1.165) is 51.4 Å². The monoisotopic (exact) mass is 728 g/mol. The van der Waals surface area contributed by atoms with E-state index in [1.807, 2.05) is 54.7 Å². The Morgan fingerprint density at radius 2 is 1.02 bits per heavy atom. The number of allylic oxidation sites excluding steroid dienone is 10. The summed E-state index contributed by atoms with van der Waals surface area (Å²) in [5, 5.41) is 23.5. The molecule has 0 heterocycles. The zero-order chi connectivity index (χ0) is 38.2. The molecule has 0 spiro atoms. The molecule has 6 nitrogen and oxygen atoms in total. The summed E-state index contributed by atoms with van der Waals surface area (Å²) >= 11 is 0. The van der Waals surface area contributed by atoms with Crippen molar-refractivity contribution in [2.24, 2.45) is 0 Å². The molecule has 0 aliphatic heterocycles. The first kappa shape index (κ1) is 49.6. The summed E-state index contributed by atoms with van der Waals surface area (Å²) in [6, 6.07) is -0.712. The van der Waals surface area contributed by atoms with Crippen molar-refractivity contribution in [1.82, 2.24) is 5.32 Å². The second-order valence-corrected chi connectivity index (χ2v) is 14.5. The number of aliphatic hydroxyl groups excluding tert-OH is 2. The smallest absolute Gasteiger partial charge is 0.306 e. The van der Waals surface area contributed by atoms with Gasteiger partial charge in [0.2, 0.25) is 5.91 Å². The zero-order valence-corrected chi connectivity index (χ0v) is 33.9. The van der Waals surface area contributed by atoms with Crippen LogP contribution in [0.2, 0.25) is 0 Å². The highest BCUT2D eigenvalue weighted by molar-refractivity contribution is 5.77. The fraction of sp³-hybridized carbons (Fsp3) is 0.739. The second-order valence-electron chi connectivity index (χ2n) is 14.5. The Morgan fingerprint density at radius 3 is 1.50 bits per heavy atom. The van der Waals surface area contributed by atoms with Gasteiger partial charge in [-0.25, -0.2) is 0 Å². The minimum Gasteiger partial charge on any atom is -0.462 e. The van der Waals surface area contributed by atoms with Crippen LogP contribution in [-0.4, -0.2) is 46.9 Å². The first-order valence-corrected chi connectivity index (χ1v) is 21.6. The molecule has 52 heavy (non-hydrogen) atoms. The topological polar surface area (TPSA) is 95.9 Å². The third-order valence-corrected chi connectivity index (χ3v) is 9.49. The van der Waals surface area contributed by atoms with Crippen LogP contribution < -0.4 is 5.32 Å². The number of esters is 1. The van der Waals surface area contributed by atoms with Crippen LogP contribution in [0, 0.1) is 0 Å². The predicted molar refractivity (Wildman–Crippen MR) is 222 cm³/mol. The van der Waals surface area contributed by atoms with Gasteiger partial charge in [0.1, 0.15) is 6.10 Å². The molecule has 3 N–H and O–H groups in total. The van der Waals surface area contributed by atoms with Gasteiger partial charge in [-0.05, 0) is 38.5 Å². The predicted octanol–water partition coefficient (Wildman–Crippen LogP) is 12.1. The Morgan fingerprint density at radius 1 is 0.577 bits per heavy atom. The van der Waals surface area contributed by atoms with Gasteiger partial charge >= 0.3 is 5.97 Å². The van der Waals surface area contributed by atoms with E-state index in [0.29, 0.717) is 25.7 Å². The molecule has 0 aromatic heterocycles. The third-order valence-electron chi connectivity index (χ3n) is 9.49. The summed E-state index contributed by atoms with van der Waals surface area (Å²) in [6.45, 7) is 6.27. The van der Waals surface area contributed by atoms with Gasteiger partial charge in [-0.3, -0.25) is 9.59 Å². The molecule has 0 saturated carbocycles. The fourth-order valence-electron chi connectivity index (χ4n) is 6.22. The quantitative estimate of drug-likeness (QED) is 0.0336. The highest BCUT2D eigenvalue weighted by Gasteiger charge is 2.24. The summed E-state index contributed by atoms with van der Waals surface area (Å²) < 4.78 is 5.85. The average Bonchev–Trinajstić information content (AvgIpc) is 3.13. The molecule has 1 amide bonds. The van der Waals surface area contributed by atoms with Gasteiger partial charge in [0.25, 0.3) is 0 Å². The van der Waals surface area contributed by atoms with E-state index >= 15 is 0 Å². The van der Waals surface area contributed by atoms with Gasteiger partial charge in [0.05, 0.1) is 25.2 Å². The molecular weight excluding hydrogens is 647 g/mol. The molecule has 0 saturated heterocycles.